The molecule has 0 aliphatic rings. The largest absolute Gasteiger partial charge is 0.388 e. The number of benzene rings is 1. The van der Waals surface area contributed by atoms with Crippen LogP contribution in [0.4, 0.5) is 17.1 Å². The quantitative estimate of drug-likeness (QED) is 0.595. The number of rotatable bonds is 7. The SMILES string of the molecule is CCN(CC)C(=O)C(C)Nc1cc(NC)cc([N+](=O)[O-])c1. The maximum atomic E-state index is 12.2. The van der Waals surface area contributed by atoms with Crippen molar-refractivity contribution in [1.82, 2.24) is 4.90 Å². The zero-order valence-corrected chi connectivity index (χ0v) is 12.8. The van der Waals surface area contributed by atoms with E-state index in [0.717, 1.165) is 0 Å². The molecule has 1 atom stereocenters. The average molecular weight is 294 g/mol. The molecule has 0 fully saturated rings. The molecule has 7 heteroatoms. The number of amides is 1. The molecule has 0 aliphatic carbocycles. The maximum Gasteiger partial charge on any atom is 0.273 e. The molecule has 1 amide bonds. The minimum absolute atomic E-state index is 0.0214. The Balaban J connectivity index is 2.93. The Kier molecular flexibility index (Phi) is 5.95. The van der Waals surface area contributed by atoms with Crippen molar-refractivity contribution in [3.63, 3.8) is 0 Å². The molecule has 2 N–H and O–H groups in total. The highest BCUT2D eigenvalue weighted by Crippen LogP contribution is 2.24. The van der Waals surface area contributed by atoms with E-state index >= 15 is 0 Å². The zero-order valence-electron chi connectivity index (χ0n) is 12.8. The van der Waals surface area contributed by atoms with E-state index in [4.69, 9.17) is 0 Å². The molecular weight excluding hydrogens is 272 g/mol. The van der Waals surface area contributed by atoms with Gasteiger partial charge in [0, 0.05) is 43.6 Å². The van der Waals surface area contributed by atoms with Crippen molar-refractivity contribution < 1.29 is 9.72 Å². The van der Waals surface area contributed by atoms with Crippen molar-refractivity contribution in [1.29, 1.82) is 0 Å². The van der Waals surface area contributed by atoms with Crippen LogP contribution in [0.5, 0.6) is 0 Å². The van der Waals surface area contributed by atoms with Crippen LogP contribution in [0.15, 0.2) is 18.2 Å². The fourth-order valence-corrected chi connectivity index (χ4v) is 2.07. The molecule has 1 aromatic carbocycles. The van der Waals surface area contributed by atoms with Gasteiger partial charge < -0.3 is 15.5 Å². The van der Waals surface area contributed by atoms with Gasteiger partial charge in [-0.2, -0.15) is 0 Å². The number of non-ortho nitro benzene ring substituents is 1. The summed E-state index contributed by atoms with van der Waals surface area (Å²) in [6.07, 6.45) is 0. The second kappa shape index (κ2) is 7.47. The number of anilines is 2. The predicted octanol–water partition coefficient (Wildman–Crippen LogP) is 2.31. The molecule has 0 saturated heterocycles. The Labute approximate surface area is 124 Å². The van der Waals surface area contributed by atoms with Crippen LogP contribution in [-0.4, -0.2) is 41.9 Å². The molecule has 0 aromatic heterocycles. The Morgan fingerprint density at radius 2 is 1.86 bits per heavy atom. The summed E-state index contributed by atoms with van der Waals surface area (Å²) in [5, 5.41) is 16.8. The number of nitro benzene ring substituents is 1. The highest BCUT2D eigenvalue weighted by molar-refractivity contribution is 5.84. The smallest absolute Gasteiger partial charge is 0.273 e. The van der Waals surface area contributed by atoms with Gasteiger partial charge in [0.2, 0.25) is 5.91 Å². The van der Waals surface area contributed by atoms with E-state index in [2.05, 4.69) is 10.6 Å². The summed E-state index contributed by atoms with van der Waals surface area (Å²) in [6, 6.07) is 4.16. The zero-order chi connectivity index (χ0) is 16.0. The lowest BCUT2D eigenvalue weighted by Crippen LogP contribution is -2.41. The summed E-state index contributed by atoms with van der Waals surface area (Å²) >= 11 is 0. The van der Waals surface area contributed by atoms with E-state index < -0.39 is 11.0 Å². The van der Waals surface area contributed by atoms with Crippen LogP contribution in [0, 0.1) is 10.1 Å². The van der Waals surface area contributed by atoms with Gasteiger partial charge in [-0.25, -0.2) is 0 Å². The van der Waals surface area contributed by atoms with Gasteiger partial charge >= 0.3 is 0 Å². The number of nitrogens with one attached hydrogen (secondary N) is 2. The molecule has 7 nitrogen and oxygen atoms in total. The normalized spacial score (nSPS) is 11.6. The van der Waals surface area contributed by atoms with Crippen LogP contribution in [0.1, 0.15) is 20.8 Å². The van der Waals surface area contributed by atoms with Crippen molar-refractivity contribution in [3.8, 4) is 0 Å². The van der Waals surface area contributed by atoms with Crippen molar-refractivity contribution in [3.05, 3.63) is 28.3 Å². The first kappa shape index (κ1) is 16.7. The van der Waals surface area contributed by atoms with E-state index in [1.54, 1.807) is 24.9 Å². The Morgan fingerprint density at radius 3 is 2.33 bits per heavy atom. The number of hydrogen-bond donors (Lipinski definition) is 2. The summed E-state index contributed by atoms with van der Waals surface area (Å²) in [7, 11) is 1.69. The number of likely N-dealkylation sites (N-methyl/N-ethyl adjacent to an activating group) is 1. The average Bonchev–Trinajstić information content (AvgIpc) is 2.47. The fourth-order valence-electron chi connectivity index (χ4n) is 2.07. The third-order valence-corrected chi connectivity index (χ3v) is 3.25. The maximum absolute atomic E-state index is 12.2. The van der Waals surface area contributed by atoms with Crippen LogP contribution < -0.4 is 10.6 Å². The van der Waals surface area contributed by atoms with Gasteiger partial charge in [0.25, 0.3) is 5.69 Å². The summed E-state index contributed by atoms with van der Waals surface area (Å²) in [6.45, 7) is 6.86. The number of nitrogens with zero attached hydrogens (tertiary/aromatic N) is 2. The molecule has 0 spiro atoms. The second-order valence-corrected chi connectivity index (χ2v) is 4.65. The van der Waals surface area contributed by atoms with Gasteiger partial charge in [0.05, 0.1) is 4.92 Å². The summed E-state index contributed by atoms with van der Waals surface area (Å²) in [5.74, 6) is -0.0301. The molecular formula is C14H22N4O3. The Hall–Kier alpha value is -2.31. The molecule has 0 heterocycles. The first-order valence-corrected chi connectivity index (χ1v) is 6.95. The topological polar surface area (TPSA) is 87.5 Å². The standard InChI is InChI=1S/C14H22N4O3/c1-5-17(6-2)14(19)10(3)16-12-7-11(15-4)8-13(9-12)18(20)21/h7-10,15-16H,5-6H2,1-4H3. The Bertz CT molecular complexity index is 515. The van der Waals surface area contributed by atoms with Crippen LogP contribution in [0.2, 0.25) is 0 Å². The van der Waals surface area contributed by atoms with Crippen molar-refractivity contribution >= 4 is 23.0 Å². The van der Waals surface area contributed by atoms with Crippen LogP contribution in [0.3, 0.4) is 0 Å². The lowest BCUT2D eigenvalue weighted by Gasteiger charge is -2.24. The minimum Gasteiger partial charge on any atom is -0.388 e. The number of hydrogen-bond acceptors (Lipinski definition) is 5. The van der Waals surface area contributed by atoms with Crippen LogP contribution >= 0.6 is 0 Å². The molecule has 0 bridgehead atoms. The molecule has 0 saturated carbocycles. The second-order valence-electron chi connectivity index (χ2n) is 4.65. The van der Waals surface area contributed by atoms with Crippen molar-refractivity contribution in [2.75, 3.05) is 30.8 Å². The van der Waals surface area contributed by atoms with E-state index in [0.29, 0.717) is 24.5 Å². The van der Waals surface area contributed by atoms with Crippen LogP contribution in [-0.2, 0) is 4.79 Å². The van der Waals surface area contributed by atoms with Crippen LogP contribution in [0.25, 0.3) is 0 Å². The van der Waals surface area contributed by atoms with Gasteiger partial charge in [-0.05, 0) is 26.8 Å². The first-order valence-electron chi connectivity index (χ1n) is 6.95. The number of nitro groups is 1. The molecule has 21 heavy (non-hydrogen) atoms. The number of carbonyl (C=O) groups is 1. The number of carbonyl (C=O) groups excluding carboxylic acids is 1. The third-order valence-electron chi connectivity index (χ3n) is 3.25. The van der Waals surface area contributed by atoms with E-state index in [-0.39, 0.29) is 11.6 Å². The molecule has 0 radical (unpaired) electrons. The summed E-state index contributed by atoms with van der Waals surface area (Å²) in [5.41, 5.74) is 1.14. The summed E-state index contributed by atoms with van der Waals surface area (Å²) in [4.78, 5) is 24.4. The van der Waals surface area contributed by atoms with Gasteiger partial charge in [-0.3, -0.25) is 14.9 Å². The lowest BCUT2D eigenvalue weighted by atomic mass is 10.2. The predicted molar refractivity (Wildman–Crippen MR) is 83.7 cm³/mol. The lowest BCUT2D eigenvalue weighted by molar-refractivity contribution is -0.384. The van der Waals surface area contributed by atoms with Gasteiger partial charge in [-0.1, -0.05) is 0 Å². The van der Waals surface area contributed by atoms with Gasteiger partial charge in [-0.15, -0.1) is 0 Å². The van der Waals surface area contributed by atoms with E-state index in [1.807, 2.05) is 13.8 Å². The third kappa shape index (κ3) is 4.34. The minimum atomic E-state index is -0.455. The molecule has 0 aliphatic heterocycles. The molecule has 1 unspecified atom stereocenters. The van der Waals surface area contributed by atoms with Crippen molar-refractivity contribution in [2.24, 2.45) is 0 Å². The first-order chi connectivity index (χ1) is 9.92. The van der Waals surface area contributed by atoms with Gasteiger partial charge in [0.1, 0.15) is 6.04 Å². The summed E-state index contributed by atoms with van der Waals surface area (Å²) < 4.78 is 0. The van der Waals surface area contributed by atoms with E-state index in [9.17, 15) is 14.9 Å². The highest BCUT2D eigenvalue weighted by Gasteiger charge is 2.19. The highest BCUT2D eigenvalue weighted by atomic mass is 16.6. The van der Waals surface area contributed by atoms with Crippen molar-refractivity contribution in [2.45, 2.75) is 26.8 Å². The Morgan fingerprint density at radius 1 is 1.29 bits per heavy atom. The van der Waals surface area contributed by atoms with Gasteiger partial charge in [0.15, 0.2) is 0 Å². The molecule has 1 aromatic rings. The monoisotopic (exact) mass is 294 g/mol. The molecule has 116 valence electrons. The van der Waals surface area contributed by atoms with E-state index in [1.165, 1.54) is 12.1 Å². The fraction of sp³-hybridized carbons (Fsp3) is 0.500. The molecule has 1 rings (SSSR count).